The first-order valence-electron chi connectivity index (χ1n) is 11.0. The predicted octanol–water partition coefficient (Wildman–Crippen LogP) is 3.88. The Morgan fingerprint density at radius 1 is 1.23 bits per heavy atom. The highest BCUT2D eigenvalue weighted by Gasteiger charge is 2.44. The summed E-state index contributed by atoms with van der Waals surface area (Å²) < 4.78 is 52.8. The standard InChI is InChI=1S/C26H27F3N2O4/c1-5-13-30(3)14-15-31-23-8-6-7-22(26(27,28)29)21(23)16-20(24(25(31)33)35-17(2)32)18-9-11-19(34-4)12-10-18/h1,6-12,20,24H,13-16H2,2-4H3/t20-,24+/m0/s1. The van der Waals surface area contributed by atoms with E-state index < -0.39 is 35.6 Å². The molecule has 1 heterocycles. The molecule has 35 heavy (non-hydrogen) atoms. The van der Waals surface area contributed by atoms with E-state index in [0.29, 0.717) is 24.4 Å². The van der Waals surface area contributed by atoms with E-state index >= 15 is 0 Å². The van der Waals surface area contributed by atoms with Crippen molar-refractivity contribution in [2.24, 2.45) is 0 Å². The molecule has 1 aliphatic rings. The maximum Gasteiger partial charge on any atom is 0.416 e. The van der Waals surface area contributed by atoms with Gasteiger partial charge in [0.15, 0.2) is 6.10 Å². The lowest BCUT2D eigenvalue weighted by molar-refractivity contribution is -0.154. The maximum absolute atomic E-state index is 14.0. The van der Waals surface area contributed by atoms with Gasteiger partial charge in [-0.05, 0) is 48.9 Å². The predicted molar refractivity (Wildman–Crippen MR) is 125 cm³/mol. The number of hydrogen-bond acceptors (Lipinski definition) is 5. The van der Waals surface area contributed by atoms with Gasteiger partial charge in [-0.1, -0.05) is 24.1 Å². The SMILES string of the molecule is C#CCN(C)CCN1C(=O)[C@H](OC(C)=O)[C@H](c2ccc(OC)cc2)Cc2c1cccc2C(F)(F)F. The minimum absolute atomic E-state index is 0.0246. The number of methoxy groups -OCH3 is 1. The molecule has 186 valence electrons. The molecule has 0 saturated heterocycles. The van der Waals surface area contributed by atoms with Crippen LogP contribution in [0.2, 0.25) is 0 Å². The second kappa shape index (κ2) is 10.8. The normalized spacial score (nSPS) is 18.0. The lowest BCUT2D eigenvalue weighted by Gasteiger charge is -2.29. The van der Waals surface area contributed by atoms with Crippen LogP contribution in [-0.2, 0) is 26.9 Å². The first-order chi connectivity index (χ1) is 16.6. The summed E-state index contributed by atoms with van der Waals surface area (Å²) in [6.07, 6.45) is -0.749. The molecule has 0 bridgehead atoms. The number of amides is 1. The molecule has 0 aromatic heterocycles. The lowest BCUT2D eigenvalue weighted by atomic mass is 9.86. The van der Waals surface area contributed by atoms with Crippen molar-refractivity contribution in [2.45, 2.75) is 31.5 Å². The van der Waals surface area contributed by atoms with Gasteiger partial charge in [-0.25, -0.2) is 0 Å². The third-order valence-corrected chi connectivity index (χ3v) is 5.95. The van der Waals surface area contributed by atoms with E-state index in [9.17, 15) is 22.8 Å². The largest absolute Gasteiger partial charge is 0.497 e. The second-order valence-electron chi connectivity index (χ2n) is 8.35. The van der Waals surface area contributed by atoms with Crippen LogP contribution in [0.5, 0.6) is 5.75 Å². The molecule has 0 radical (unpaired) electrons. The summed E-state index contributed by atoms with van der Waals surface area (Å²) >= 11 is 0. The highest BCUT2D eigenvalue weighted by Crippen LogP contribution is 2.43. The number of nitrogens with zero attached hydrogens (tertiary/aromatic N) is 2. The summed E-state index contributed by atoms with van der Waals surface area (Å²) in [6.45, 7) is 1.85. The molecular formula is C26H27F3N2O4. The van der Waals surface area contributed by atoms with E-state index in [0.717, 1.165) is 6.07 Å². The molecule has 0 saturated carbocycles. The Morgan fingerprint density at radius 2 is 1.91 bits per heavy atom. The van der Waals surface area contributed by atoms with Gasteiger partial charge in [0.05, 0.1) is 19.2 Å². The fourth-order valence-corrected chi connectivity index (χ4v) is 4.27. The average molecular weight is 489 g/mol. The number of esters is 1. The fraction of sp³-hybridized carbons (Fsp3) is 0.385. The number of anilines is 1. The van der Waals surface area contributed by atoms with Gasteiger partial charge in [-0.2, -0.15) is 13.2 Å². The molecule has 1 amide bonds. The van der Waals surface area contributed by atoms with E-state index in [-0.39, 0.29) is 24.2 Å². The van der Waals surface area contributed by atoms with E-state index in [1.54, 1.807) is 36.2 Å². The minimum Gasteiger partial charge on any atom is -0.497 e. The number of rotatable bonds is 7. The van der Waals surface area contributed by atoms with E-state index in [4.69, 9.17) is 15.9 Å². The van der Waals surface area contributed by atoms with Gasteiger partial charge in [0, 0.05) is 31.6 Å². The number of carbonyl (C=O) groups excluding carboxylic acids is 2. The zero-order valence-corrected chi connectivity index (χ0v) is 19.8. The van der Waals surface area contributed by atoms with Crippen molar-refractivity contribution in [3.63, 3.8) is 0 Å². The van der Waals surface area contributed by atoms with Gasteiger partial charge >= 0.3 is 12.1 Å². The van der Waals surface area contributed by atoms with Crippen LogP contribution >= 0.6 is 0 Å². The van der Waals surface area contributed by atoms with Crippen LogP contribution in [0, 0.1) is 12.3 Å². The molecule has 2 atom stereocenters. The summed E-state index contributed by atoms with van der Waals surface area (Å²) in [4.78, 5) is 28.8. The minimum atomic E-state index is -4.63. The number of carbonyl (C=O) groups is 2. The van der Waals surface area contributed by atoms with Crippen molar-refractivity contribution in [2.75, 3.05) is 38.7 Å². The summed E-state index contributed by atoms with van der Waals surface area (Å²) in [5.41, 5.74) is -0.151. The summed E-state index contributed by atoms with van der Waals surface area (Å²) in [7, 11) is 3.24. The van der Waals surface area contributed by atoms with Crippen LogP contribution < -0.4 is 9.64 Å². The van der Waals surface area contributed by atoms with Crippen molar-refractivity contribution < 1.29 is 32.2 Å². The van der Waals surface area contributed by atoms with Crippen LogP contribution in [0.25, 0.3) is 0 Å². The Hall–Kier alpha value is -3.51. The van der Waals surface area contributed by atoms with Gasteiger partial charge in [0.1, 0.15) is 5.75 Å². The molecule has 1 aliphatic heterocycles. The third kappa shape index (κ3) is 5.95. The van der Waals surface area contributed by atoms with E-state index in [2.05, 4.69) is 5.92 Å². The van der Waals surface area contributed by atoms with Crippen molar-refractivity contribution in [1.82, 2.24) is 4.90 Å². The monoisotopic (exact) mass is 488 g/mol. The fourth-order valence-electron chi connectivity index (χ4n) is 4.27. The molecule has 2 aromatic rings. The first-order valence-corrected chi connectivity index (χ1v) is 11.0. The summed E-state index contributed by atoms with van der Waals surface area (Å²) in [6, 6.07) is 10.4. The lowest BCUT2D eigenvalue weighted by Crippen LogP contribution is -2.45. The van der Waals surface area contributed by atoms with Gasteiger partial charge in [0.2, 0.25) is 0 Å². The van der Waals surface area contributed by atoms with Crippen LogP contribution in [0.4, 0.5) is 18.9 Å². The molecule has 2 aromatic carbocycles. The second-order valence-corrected chi connectivity index (χ2v) is 8.35. The molecule has 3 rings (SSSR count). The number of alkyl halides is 3. The highest BCUT2D eigenvalue weighted by atomic mass is 19.4. The van der Waals surface area contributed by atoms with Crippen molar-refractivity contribution >= 4 is 17.6 Å². The zero-order valence-electron chi connectivity index (χ0n) is 19.8. The number of likely N-dealkylation sites (N-methyl/N-ethyl adjacent to an activating group) is 1. The van der Waals surface area contributed by atoms with Crippen molar-refractivity contribution in [1.29, 1.82) is 0 Å². The number of benzene rings is 2. The van der Waals surface area contributed by atoms with Gasteiger partial charge in [-0.3, -0.25) is 14.5 Å². The highest BCUT2D eigenvalue weighted by molar-refractivity contribution is 6.00. The molecular weight excluding hydrogens is 461 g/mol. The first kappa shape index (κ1) is 26.1. The maximum atomic E-state index is 14.0. The topological polar surface area (TPSA) is 59.1 Å². The van der Waals surface area contributed by atoms with Crippen molar-refractivity contribution in [3.8, 4) is 18.1 Å². The number of fused-ring (bicyclic) bond motifs is 1. The molecule has 0 spiro atoms. The number of terminal acetylenes is 1. The number of halogens is 3. The average Bonchev–Trinajstić information content (AvgIpc) is 2.91. The van der Waals surface area contributed by atoms with Crippen LogP contribution in [0.1, 0.15) is 29.5 Å². The Morgan fingerprint density at radius 3 is 2.49 bits per heavy atom. The molecule has 0 unspecified atom stereocenters. The van der Waals surface area contributed by atoms with Crippen LogP contribution in [0.15, 0.2) is 42.5 Å². The zero-order chi connectivity index (χ0) is 25.8. The Labute approximate surface area is 202 Å². The van der Waals surface area contributed by atoms with Gasteiger partial charge < -0.3 is 14.4 Å². The molecule has 0 N–H and O–H groups in total. The summed E-state index contributed by atoms with van der Waals surface area (Å²) in [5, 5.41) is 0. The van der Waals surface area contributed by atoms with Gasteiger partial charge in [-0.15, -0.1) is 6.42 Å². The number of hydrogen-bond donors (Lipinski definition) is 0. The quantitative estimate of drug-likeness (QED) is 0.437. The molecule has 0 fully saturated rings. The Balaban J connectivity index is 2.17. The molecule has 6 nitrogen and oxygen atoms in total. The Bertz CT molecular complexity index is 1110. The van der Waals surface area contributed by atoms with Crippen LogP contribution in [0.3, 0.4) is 0 Å². The van der Waals surface area contributed by atoms with Gasteiger partial charge in [0.25, 0.3) is 5.91 Å². The van der Waals surface area contributed by atoms with Crippen LogP contribution in [-0.4, -0.2) is 56.7 Å². The number of ether oxygens (including phenoxy) is 2. The summed E-state index contributed by atoms with van der Waals surface area (Å²) in [5.74, 6) is 0.912. The third-order valence-electron chi connectivity index (χ3n) is 5.95. The smallest absolute Gasteiger partial charge is 0.416 e. The molecule has 9 heteroatoms. The molecule has 0 aliphatic carbocycles. The van der Waals surface area contributed by atoms with E-state index in [1.807, 2.05) is 0 Å². The Kier molecular flexibility index (Phi) is 8.07. The van der Waals surface area contributed by atoms with Crippen molar-refractivity contribution in [3.05, 3.63) is 59.2 Å². The van der Waals surface area contributed by atoms with E-state index in [1.165, 1.54) is 31.1 Å².